The fourth-order valence-corrected chi connectivity index (χ4v) is 4.67. The maximum absolute atomic E-state index is 13.3. The molecule has 3 aromatic rings. The number of benzene rings is 2. The molecule has 0 spiro atoms. The van der Waals surface area contributed by atoms with Crippen LogP contribution in [0.3, 0.4) is 0 Å². The van der Waals surface area contributed by atoms with Crippen LogP contribution >= 0.6 is 11.3 Å². The zero-order chi connectivity index (χ0) is 21.8. The standard InChI is InChI=1S/C23H21F2N3O2S/c24-18-7-6-16(12-19(18)25)27-21(29)13-26-22(30)14-28-10-8-20-17(9-11-31-20)23(28)15-4-2-1-3-5-15/h1-7,9,11-12,23H,8,10,13-14H2,(H,26,30)(H,27,29). The monoisotopic (exact) mass is 441 g/mol. The van der Waals surface area contributed by atoms with Crippen molar-refractivity contribution in [3.63, 3.8) is 0 Å². The first-order valence-corrected chi connectivity index (χ1v) is 10.8. The van der Waals surface area contributed by atoms with Crippen LogP contribution in [0.25, 0.3) is 0 Å². The van der Waals surface area contributed by atoms with Gasteiger partial charge in [0.05, 0.1) is 19.1 Å². The lowest BCUT2D eigenvalue weighted by Crippen LogP contribution is -2.44. The van der Waals surface area contributed by atoms with E-state index in [-0.39, 0.29) is 30.7 Å². The average molecular weight is 442 g/mol. The van der Waals surface area contributed by atoms with Crippen molar-refractivity contribution in [3.05, 3.63) is 87.6 Å². The van der Waals surface area contributed by atoms with Gasteiger partial charge in [0, 0.05) is 23.2 Å². The van der Waals surface area contributed by atoms with E-state index >= 15 is 0 Å². The number of nitrogens with one attached hydrogen (secondary N) is 2. The molecule has 0 aliphatic carbocycles. The molecular weight excluding hydrogens is 420 g/mol. The van der Waals surface area contributed by atoms with E-state index in [0.29, 0.717) is 0 Å². The normalized spacial score (nSPS) is 15.9. The van der Waals surface area contributed by atoms with Gasteiger partial charge in [-0.25, -0.2) is 8.78 Å². The molecule has 8 heteroatoms. The van der Waals surface area contributed by atoms with Gasteiger partial charge >= 0.3 is 0 Å². The van der Waals surface area contributed by atoms with Crippen molar-refractivity contribution in [1.82, 2.24) is 10.2 Å². The molecule has 160 valence electrons. The van der Waals surface area contributed by atoms with Gasteiger partial charge in [-0.3, -0.25) is 14.5 Å². The Kier molecular flexibility index (Phi) is 6.39. The van der Waals surface area contributed by atoms with E-state index in [1.165, 1.54) is 16.5 Å². The highest BCUT2D eigenvalue weighted by atomic mass is 32.1. The fraction of sp³-hybridized carbons (Fsp3) is 0.217. The molecule has 31 heavy (non-hydrogen) atoms. The Labute approximate surface area is 182 Å². The zero-order valence-corrected chi connectivity index (χ0v) is 17.4. The second kappa shape index (κ2) is 9.36. The molecular formula is C23H21F2N3O2S. The van der Waals surface area contributed by atoms with E-state index in [1.54, 1.807) is 11.3 Å². The summed E-state index contributed by atoms with van der Waals surface area (Å²) < 4.78 is 26.3. The van der Waals surface area contributed by atoms with Crippen molar-refractivity contribution in [3.8, 4) is 0 Å². The number of halogens is 2. The molecule has 1 unspecified atom stereocenters. The van der Waals surface area contributed by atoms with Crippen molar-refractivity contribution in [2.45, 2.75) is 12.5 Å². The number of anilines is 1. The third kappa shape index (κ3) is 4.98. The molecule has 2 amide bonds. The molecule has 5 nitrogen and oxygen atoms in total. The van der Waals surface area contributed by atoms with Crippen LogP contribution in [0, 0.1) is 11.6 Å². The summed E-state index contributed by atoms with van der Waals surface area (Å²) in [6.45, 7) is 0.625. The van der Waals surface area contributed by atoms with Gasteiger partial charge in [0.2, 0.25) is 11.8 Å². The number of amides is 2. The minimum absolute atomic E-state index is 0.0158. The number of hydrogen-bond acceptors (Lipinski definition) is 4. The highest BCUT2D eigenvalue weighted by Gasteiger charge is 2.30. The molecule has 2 heterocycles. The number of nitrogens with zero attached hydrogens (tertiary/aromatic N) is 1. The molecule has 0 bridgehead atoms. The maximum Gasteiger partial charge on any atom is 0.243 e. The first-order chi connectivity index (χ1) is 15.0. The third-order valence-corrected chi connectivity index (χ3v) is 6.17. The van der Waals surface area contributed by atoms with E-state index in [2.05, 4.69) is 39.1 Å². The van der Waals surface area contributed by atoms with Crippen molar-refractivity contribution in [2.75, 3.05) is 25.0 Å². The van der Waals surface area contributed by atoms with Crippen LogP contribution in [0.15, 0.2) is 60.0 Å². The summed E-state index contributed by atoms with van der Waals surface area (Å²) in [5, 5.41) is 7.12. The molecule has 1 aromatic heterocycles. The smallest absolute Gasteiger partial charge is 0.243 e. The van der Waals surface area contributed by atoms with Gasteiger partial charge in [-0.1, -0.05) is 30.3 Å². The van der Waals surface area contributed by atoms with Crippen LogP contribution in [-0.2, 0) is 16.0 Å². The van der Waals surface area contributed by atoms with Gasteiger partial charge in [0.15, 0.2) is 11.6 Å². The molecule has 4 rings (SSSR count). The lowest BCUT2D eigenvalue weighted by molar-refractivity contribution is -0.125. The van der Waals surface area contributed by atoms with E-state index in [1.807, 2.05) is 18.2 Å². The predicted octanol–water partition coefficient (Wildman–Crippen LogP) is 3.73. The average Bonchev–Trinajstić information content (AvgIpc) is 3.24. The summed E-state index contributed by atoms with van der Waals surface area (Å²) in [7, 11) is 0. The number of rotatable bonds is 6. The highest BCUT2D eigenvalue weighted by molar-refractivity contribution is 7.10. The van der Waals surface area contributed by atoms with Crippen LogP contribution in [0.5, 0.6) is 0 Å². The summed E-state index contributed by atoms with van der Waals surface area (Å²) in [4.78, 5) is 28.1. The van der Waals surface area contributed by atoms with Gasteiger partial charge < -0.3 is 10.6 Å². The molecule has 0 fully saturated rings. The Bertz CT molecular complexity index is 1090. The number of carbonyl (C=O) groups is 2. The quantitative estimate of drug-likeness (QED) is 0.613. The lowest BCUT2D eigenvalue weighted by Gasteiger charge is -2.35. The number of hydrogen-bond donors (Lipinski definition) is 2. The van der Waals surface area contributed by atoms with Crippen molar-refractivity contribution in [1.29, 1.82) is 0 Å². The topological polar surface area (TPSA) is 61.4 Å². The van der Waals surface area contributed by atoms with Crippen LogP contribution in [0.1, 0.15) is 22.0 Å². The van der Waals surface area contributed by atoms with Crippen molar-refractivity contribution in [2.24, 2.45) is 0 Å². The lowest BCUT2D eigenvalue weighted by atomic mass is 9.93. The second-order valence-corrected chi connectivity index (χ2v) is 8.29. The molecule has 0 radical (unpaired) electrons. The summed E-state index contributed by atoms with van der Waals surface area (Å²) in [5.41, 5.74) is 2.46. The maximum atomic E-state index is 13.3. The minimum atomic E-state index is -1.05. The molecule has 1 aliphatic rings. The number of thiophene rings is 1. The first-order valence-electron chi connectivity index (χ1n) is 9.88. The van der Waals surface area contributed by atoms with E-state index in [9.17, 15) is 18.4 Å². The highest BCUT2D eigenvalue weighted by Crippen LogP contribution is 2.37. The Morgan fingerprint density at radius 2 is 1.84 bits per heavy atom. The van der Waals surface area contributed by atoms with Gasteiger partial charge in [-0.05, 0) is 41.1 Å². The van der Waals surface area contributed by atoms with E-state index < -0.39 is 17.5 Å². The molecule has 0 saturated carbocycles. The molecule has 2 N–H and O–H groups in total. The van der Waals surface area contributed by atoms with Crippen LogP contribution in [0.4, 0.5) is 14.5 Å². The fourth-order valence-electron chi connectivity index (χ4n) is 3.76. The summed E-state index contributed by atoms with van der Waals surface area (Å²) in [5.74, 6) is -2.83. The van der Waals surface area contributed by atoms with Gasteiger partial charge in [-0.15, -0.1) is 11.3 Å². The Balaban J connectivity index is 1.37. The summed E-state index contributed by atoms with van der Waals surface area (Å²) in [6.07, 6.45) is 0.875. The van der Waals surface area contributed by atoms with Crippen molar-refractivity contribution < 1.29 is 18.4 Å². The molecule has 1 aliphatic heterocycles. The molecule has 1 atom stereocenters. The molecule has 0 saturated heterocycles. The zero-order valence-electron chi connectivity index (χ0n) is 16.6. The van der Waals surface area contributed by atoms with Crippen molar-refractivity contribution >= 4 is 28.8 Å². The largest absolute Gasteiger partial charge is 0.346 e. The number of carbonyl (C=O) groups excluding carboxylic acids is 2. The Morgan fingerprint density at radius 3 is 2.61 bits per heavy atom. The van der Waals surface area contributed by atoms with E-state index in [0.717, 1.165) is 30.7 Å². The Morgan fingerprint density at radius 1 is 1.03 bits per heavy atom. The van der Waals surface area contributed by atoms with Crippen LogP contribution in [-0.4, -0.2) is 36.3 Å². The van der Waals surface area contributed by atoms with Crippen LogP contribution < -0.4 is 10.6 Å². The summed E-state index contributed by atoms with van der Waals surface area (Å²) >= 11 is 1.73. The third-order valence-electron chi connectivity index (χ3n) is 5.18. The predicted molar refractivity (Wildman–Crippen MR) is 116 cm³/mol. The Hall–Kier alpha value is -3.10. The minimum Gasteiger partial charge on any atom is -0.346 e. The van der Waals surface area contributed by atoms with E-state index in [4.69, 9.17) is 0 Å². The first kappa shape index (κ1) is 21.1. The SMILES string of the molecule is O=C(CN1CCc2sccc2C1c1ccccc1)NCC(=O)Nc1ccc(F)c(F)c1. The van der Waals surface area contributed by atoms with Crippen LogP contribution in [0.2, 0.25) is 0 Å². The number of fused-ring (bicyclic) bond motifs is 1. The summed E-state index contributed by atoms with van der Waals surface area (Å²) in [6, 6.07) is 15.2. The second-order valence-electron chi connectivity index (χ2n) is 7.29. The van der Waals surface area contributed by atoms with Gasteiger partial charge in [0.1, 0.15) is 0 Å². The van der Waals surface area contributed by atoms with Gasteiger partial charge in [0.25, 0.3) is 0 Å². The molecule has 2 aromatic carbocycles. The van der Waals surface area contributed by atoms with Gasteiger partial charge in [-0.2, -0.15) is 0 Å².